The molecular weight excluding hydrogens is 558 g/mol. The van der Waals surface area contributed by atoms with Crippen molar-refractivity contribution in [1.82, 2.24) is 10.2 Å². The minimum absolute atomic E-state index is 0.0467. The van der Waals surface area contributed by atoms with Crippen LogP contribution in [0.4, 0.5) is 5.69 Å². The number of sulfonamides is 1. The minimum Gasteiger partial charge on any atom is -0.495 e. The molecule has 0 saturated heterocycles. The van der Waals surface area contributed by atoms with Gasteiger partial charge in [0.25, 0.3) is 10.0 Å². The number of halogens is 1. The molecule has 0 radical (unpaired) electrons. The van der Waals surface area contributed by atoms with Gasteiger partial charge in [-0.3, -0.25) is 13.9 Å². The predicted molar refractivity (Wildman–Crippen MR) is 153 cm³/mol. The fourth-order valence-electron chi connectivity index (χ4n) is 4.05. The number of nitrogens with one attached hydrogen (secondary N) is 1. The zero-order chi connectivity index (χ0) is 29.4. The lowest BCUT2D eigenvalue weighted by Crippen LogP contribution is -2.50. The molecule has 0 aliphatic heterocycles. The van der Waals surface area contributed by atoms with E-state index >= 15 is 0 Å². The van der Waals surface area contributed by atoms with Gasteiger partial charge in [-0.2, -0.15) is 0 Å². The van der Waals surface area contributed by atoms with Crippen molar-refractivity contribution in [2.24, 2.45) is 0 Å². The Balaban J connectivity index is 2.15. The Kier molecular flexibility index (Phi) is 10.2. The van der Waals surface area contributed by atoms with Gasteiger partial charge in [0.15, 0.2) is 11.5 Å². The molecular formula is C28H32ClN3O7S. The molecule has 0 heterocycles. The number of carbonyl (C=O) groups is 2. The van der Waals surface area contributed by atoms with E-state index in [2.05, 4.69) is 5.32 Å². The van der Waals surface area contributed by atoms with E-state index in [1.54, 1.807) is 13.0 Å². The summed E-state index contributed by atoms with van der Waals surface area (Å²) in [6, 6.07) is 16.7. The summed E-state index contributed by atoms with van der Waals surface area (Å²) in [7, 11) is 1.26. The molecule has 3 rings (SSSR count). The summed E-state index contributed by atoms with van der Waals surface area (Å²) >= 11 is 6.26. The lowest BCUT2D eigenvalue weighted by atomic mass is 10.1. The first kappa shape index (κ1) is 30.6. The van der Waals surface area contributed by atoms with Gasteiger partial charge in [-0.25, -0.2) is 8.42 Å². The Morgan fingerprint density at radius 3 is 2.12 bits per heavy atom. The van der Waals surface area contributed by atoms with Gasteiger partial charge in [-0.15, -0.1) is 0 Å². The Bertz CT molecular complexity index is 1450. The van der Waals surface area contributed by atoms with E-state index in [1.165, 1.54) is 63.6 Å². The summed E-state index contributed by atoms with van der Waals surface area (Å²) in [4.78, 5) is 27.7. The maximum Gasteiger partial charge on any atom is 0.265 e. The van der Waals surface area contributed by atoms with Crippen LogP contribution in [-0.2, 0) is 26.2 Å². The topological polar surface area (TPSA) is 114 Å². The van der Waals surface area contributed by atoms with Crippen molar-refractivity contribution in [2.75, 3.05) is 39.2 Å². The van der Waals surface area contributed by atoms with Crippen molar-refractivity contribution in [3.05, 3.63) is 77.3 Å². The highest BCUT2D eigenvalue weighted by Gasteiger charge is 2.34. The number of amides is 2. The molecule has 0 spiro atoms. The normalized spacial score (nSPS) is 11.8. The molecule has 10 nitrogen and oxygen atoms in total. The number of methoxy groups -OCH3 is 3. The SMILES string of the molecule is CNC(=O)[C@@H](C)N(Cc1ccccc1)C(=O)CN(c1cc(Cl)ccc1OC)S(=O)(=O)c1ccc(OC)c(OC)c1. The Morgan fingerprint density at radius 2 is 1.52 bits per heavy atom. The zero-order valence-corrected chi connectivity index (χ0v) is 24.5. The van der Waals surface area contributed by atoms with E-state index in [4.69, 9.17) is 25.8 Å². The number of anilines is 1. The van der Waals surface area contributed by atoms with E-state index in [0.29, 0.717) is 5.75 Å². The van der Waals surface area contributed by atoms with Crippen LogP contribution >= 0.6 is 11.6 Å². The number of ether oxygens (including phenoxy) is 3. The third-order valence-electron chi connectivity index (χ3n) is 6.24. The number of hydrogen-bond acceptors (Lipinski definition) is 7. The molecule has 0 aliphatic carbocycles. The predicted octanol–water partition coefficient (Wildman–Crippen LogP) is 3.72. The molecule has 0 bridgehead atoms. The average molecular weight is 590 g/mol. The number of nitrogens with zero attached hydrogens (tertiary/aromatic N) is 2. The van der Waals surface area contributed by atoms with Crippen LogP contribution in [0.3, 0.4) is 0 Å². The van der Waals surface area contributed by atoms with Gasteiger partial charge in [0.1, 0.15) is 18.3 Å². The zero-order valence-electron chi connectivity index (χ0n) is 22.9. The Hall–Kier alpha value is -3.96. The van der Waals surface area contributed by atoms with Crippen LogP contribution in [0.2, 0.25) is 5.02 Å². The maximum atomic E-state index is 14.1. The van der Waals surface area contributed by atoms with Gasteiger partial charge in [-0.1, -0.05) is 41.9 Å². The maximum absolute atomic E-state index is 14.1. The number of hydrogen-bond donors (Lipinski definition) is 1. The molecule has 12 heteroatoms. The van der Waals surface area contributed by atoms with Crippen molar-refractivity contribution in [3.63, 3.8) is 0 Å². The van der Waals surface area contributed by atoms with E-state index in [0.717, 1.165) is 9.87 Å². The summed E-state index contributed by atoms with van der Waals surface area (Å²) in [6.45, 7) is 1.000. The minimum atomic E-state index is -4.40. The summed E-state index contributed by atoms with van der Waals surface area (Å²) in [5, 5.41) is 2.78. The van der Waals surface area contributed by atoms with Gasteiger partial charge in [0.2, 0.25) is 11.8 Å². The highest BCUT2D eigenvalue weighted by molar-refractivity contribution is 7.92. The Labute approximate surface area is 239 Å². The average Bonchev–Trinajstić information content (AvgIpc) is 2.97. The molecule has 0 saturated carbocycles. The molecule has 1 N–H and O–H groups in total. The van der Waals surface area contributed by atoms with Crippen molar-refractivity contribution in [2.45, 2.75) is 24.4 Å². The lowest BCUT2D eigenvalue weighted by Gasteiger charge is -2.32. The molecule has 0 unspecified atom stereocenters. The van der Waals surface area contributed by atoms with E-state index in [1.807, 2.05) is 30.3 Å². The second-order valence-electron chi connectivity index (χ2n) is 8.64. The van der Waals surface area contributed by atoms with Crippen LogP contribution in [0, 0.1) is 0 Å². The second kappa shape index (κ2) is 13.4. The summed E-state index contributed by atoms with van der Waals surface area (Å²) in [6.07, 6.45) is 0. The van der Waals surface area contributed by atoms with Crippen molar-refractivity contribution in [1.29, 1.82) is 0 Å². The standard InChI is InChI=1S/C28H32ClN3O7S/c1-19(28(34)30-2)31(17-20-9-7-6-8-10-20)27(33)18-32(23-15-21(29)11-13-24(23)37-3)40(35,36)22-12-14-25(38-4)26(16-22)39-5/h6-16,19H,17-18H2,1-5H3,(H,30,34)/t19-/m1/s1. The van der Waals surface area contributed by atoms with Crippen LogP contribution in [0.1, 0.15) is 12.5 Å². The molecule has 214 valence electrons. The fourth-order valence-corrected chi connectivity index (χ4v) is 5.65. The highest BCUT2D eigenvalue weighted by atomic mass is 35.5. The quantitative estimate of drug-likeness (QED) is 0.342. The molecule has 3 aromatic rings. The molecule has 3 aromatic carbocycles. The molecule has 0 aliphatic rings. The van der Waals surface area contributed by atoms with Gasteiger partial charge in [-0.05, 0) is 42.8 Å². The first-order valence-corrected chi connectivity index (χ1v) is 14.0. The van der Waals surface area contributed by atoms with Crippen molar-refractivity contribution >= 4 is 39.1 Å². The third kappa shape index (κ3) is 6.78. The van der Waals surface area contributed by atoms with Crippen molar-refractivity contribution < 1.29 is 32.2 Å². The van der Waals surface area contributed by atoms with Crippen LogP contribution in [0.5, 0.6) is 17.2 Å². The van der Waals surface area contributed by atoms with Crippen LogP contribution in [0.25, 0.3) is 0 Å². The number of rotatable bonds is 12. The number of carbonyl (C=O) groups excluding carboxylic acids is 2. The monoisotopic (exact) mass is 589 g/mol. The van der Waals surface area contributed by atoms with E-state index in [-0.39, 0.29) is 33.6 Å². The van der Waals surface area contributed by atoms with Crippen molar-refractivity contribution in [3.8, 4) is 17.2 Å². The summed E-state index contributed by atoms with van der Waals surface area (Å²) in [5.41, 5.74) is 0.812. The Morgan fingerprint density at radius 1 is 0.900 bits per heavy atom. The van der Waals surface area contributed by atoms with Gasteiger partial charge in [0, 0.05) is 24.7 Å². The molecule has 40 heavy (non-hydrogen) atoms. The number of benzene rings is 3. The molecule has 0 fully saturated rings. The second-order valence-corrected chi connectivity index (χ2v) is 10.9. The molecule has 2 amide bonds. The van der Waals surface area contributed by atoms with Gasteiger partial charge < -0.3 is 24.4 Å². The fraction of sp³-hybridized carbons (Fsp3) is 0.286. The molecule has 1 atom stereocenters. The first-order chi connectivity index (χ1) is 19.1. The lowest BCUT2D eigenvalue weighted by molar-refractivity contribution is -0.139. The molecule has 0 aromatic heterocycles. The van der Waals surface area contributed by atoms with E-state index in [9.17, 15) is 18.0 Å². The first-order valence-electron chi connectivity index (χ1n) is 12.2. The van der Waals surface area contributed by atoms with Gasteiger partial charge >= 0.3 is 0 Å². The van der Waals surface area contributed by atoms with E-state index < -0.39 is 34.4 Å². The summed E-state index contributed by atoms with van der Waals surface area (Å²) in [5.74, 6) is -0.329. The van der Waals surface area contributed by atoms with Crippen LogP contribution in [-0.4, -0.2) is 66.1 Å². The highest BCUT2D eigenvalue weighted by Crippen LogP contribution is 2.37. The smallest absolute Gasteiger partial charge is 0.265 e. The third-order valence-corrected chi connectivity index (χ3v) is 8.23. The van der Waals surface area contributed by atoms with Crippen LogP contribution in [0.15, 0.2) is 71.6 Å². The van der Waals surface area contributed by atoms with Crippen LogP contribution < -0.4 is 23.8 Å². The largest absolute Gasteiger partial charge is 0.495 e. The van der Waals surface area contributed by atoms with Gasteiger partial charge in [0.05, 0.1) is 31.9 Å². The summed E-state index contributed by atoms with van der Waals surface area (Å²) < 4.78 is 45.2. The number of likely N-dealkylation sites (N-methyl/N-ethyl adjacent to an activating group) is 1.